The molecule has 2 rings (SSSR count). The Bertz CT molecular complexity index is 378. The van der Waals surface area contributed by atoms with Gasteiger partial charge in [-0.1, -0.05) is 6.92 Å². The highest BCUT2D eigenvalue weighted by Crippen LogP contribution is 2.25. The van der Waals surface area contributed by atoms with Crippen molar-refractivity contribution in [1.29, 1.82) is 0 Å². The fraction of sp³-hybridized carbons (Fsp3) is 0.727. The van der Waals surface area contributed by atoms with Crippen molar-refractivity contribution in [2.45, 2.75) is 31.7 Å². The van der Waals surface area contributed by atoms with Gasteiger partial charge in [0, 0.05) is 32.1 Å². The molecule has 2 heterocycles. The maximum Gasteiger partial charge on any atom is 0.0767 e. The maximum absolute atomic E-state index is 6.11. The highest BCUT2D eigenvalue weighted by Gasteiger charge is 2.23. The van der Waals surface area contributed by atoms with E-state index >= 15 is 0 Å². The van der Waals surface area contributed by atoms with E-state index in [2.05, 4.69) is 32.9 Å². The normalized spacial score (nSPS) is 21.9. The molecule has 90 valence electrons. The number of aryl methyl sites for hydroxylation is 2. The van der Waals surface area contributed by atoms with Crippen LogP contribution in [0.4, 0.5) is 0 Å². The largest absolute Gasteiger partial charge is 0.296 e. The summed E-state index contributed by atoms with van der Waals surface area (Å²) in [7, 11) is 2.01. The molecule has 0 N–H and O–H groups in total. The number of hydrogen-bond donors (Lipinski definition) is 0. The van der Waals surface area contributed by atoms with Gasteiger partial charge in [-0.3, -0.25) is 9.58 Å². The predicted molar refractivity (Wildman–Crippen MR) is 69.8 cm³/mol. The zero-order chi connectivity index (χ0) is 11.7. The first-order valence-corrected chi connectivity index (χ1v) is 6.91. The van der Waals surface area contributed by atoms with Gasteiger partial charge >= 0.3 is 0 Å². The van der Waals surface area contributed by atoms with Crippen LogP contribution in [-0.4, -0.2) is 33.1 Å². The summed E-state index contributed by atoms with van der Waals surface area (Å²) >= 11 is 9.75. The van der Waals surface area contributed by atoms with Crippen molar-refractivity contribution in [1.82, 2.24) is 14.7 Å². The van der Waals surface area contributed by atoms with E-state index in [0.29, 0.717) is 5.38 Å². The van der Waals surface area contributed by atoms with Gasteiger partial charge in [-0.2, -0.15) is 5.10 Å². The minimum Gasteiger partial charge on any atom is -0.296 e. The fourth-order valence-electron chi connectivity index (χ4n) is 2.13. The van der Waals surface area contributed by atoms with E-state index in [1.807, 2.05) is 11.7 Å². The van der Waals surface area contributed by atoms with Gasteiger partial charge in [0.05, 0.1) is 15.9 Å². The number of rotatable bonds is 3. The molecule has 1 aromatic heterocycles. The third-order valence-electron chi connectivity index (χ3n) is 3.09. The predicted octanol–water partition coefficient (Wildman–Crippen LogP) is 2.56. The molecular formula is C11H17BrClN3. The van der Waals surface area contributed by atoms with E-state index in [4.69, 9.17) is 11.6 Å². The Balaban J connectivity index is 2.12. The Morgan fingerprint density at radius 2 is 2.31 bits per heavy atom. The highest BCUT2D eigenvalue weighted by atomic mass is 79.9. The van der Waals surface area contributed by atoms with Crippen molar-refractivity contribution in [2.75, 3.05) is 13.1 Å². The molecule has 0 aromatic carbocycles. The lowest BCUT2D eigenvalue weighted by Gasteiger charge is -2.15. The lowest BCUT2D eigenvalue weighted by molar-refractivity contribution is 0.321. The molecule has 1 fully saturated rings. The van der Waals surface area contributed by atoms with Crippen molar-refractivity contribution in [3.05, 3.63) is 15.9 Å². The number of nitrogens with zero attached hydrogens (tertiary/aromatic N) is 3. The second kappa shape index (κ2) is 5.07. The minimum absolute atomic E-state index is 0.317. The molecule has 16 heavy (non-hydrogen) atoms. The van der Waals surface area contributed by atoms with Crippen LogP contribution in [0.25, 0.3) is 0 Å². The van der Waals surface area contributed by atoms with Crippen LogP contribution in [0.2, 0.25) is 0 Å². The summed E-state index contributed by atoms with van der Waals surface area (Å²) in [4.78, 5) is 2.39. The number of alkyl halides is 1. The van der Waals surface area contributed by atoms with Crippen LogP contribution in [0.3, 0.4) is 0 Å². The average molecular weight is 307 g/mol. The zero-order valence-corrected chi connectivity index (χ0v) is 12.1. The van der Waals surface area contributed by atoms with E-state index < -0.39 is 0 Å². The molecule has 3 nitrogen and oxygen atoms in total. The molecule has 1 aromatic rings. The van der Waals surface area contributed by atoms with Gasteiger partial charge in [-0.25, -0.2) is 0 Å². The molecule has 5 heteroatoms. The third-order valence-corrected chi connectivity index (χ3v) is 4.36. The summed E-state index contributed by atoms with van der Waals surface area (Å²) in [5, 5.41) is 4.82. The molecule has 0 spiro atoms. The van der Waals surface area contributed by atoms with Crippen LogP contribution in [0.1, 0.15) is 24.7 Å². The number of halogens is 2. The Morgan fingerprint density at radius 3 is 2.81 bits per heavy atom. The molecule has 0 aliphatic carbocycles. The molecule has 1 aliphatic rings. The van der Waals surface area contributed by atoms with Crippen LogP contribution < -0.4 is 0 Å². The Hall–Kier alpha value is -0.0600. The smallest absolute Gasteiger partial charge is 0.0767 e. The second-order valence-corrected chi connectivity index (χ2v) is 5.72. The van der Waals surface area contributed by atoms with Gasteiger partial charge in [0.15, 0.2) is 0 Å². The molecule has 1 atom stereocenters. The first-order chi connectivity index (χ1) is 7.61. The molecule has 0 bridgehead atoms. The number of likely N-dealkylation sites (tertiary alicyclic amines) is 1. The van der Waals surface area contributed by atoms with Crippen molar-refractivity contribution < 1.29 is 0 Å². The third kappa shape index (κ3) is 2.44. The first kappa shape index (κ1) is 12.4. The second-order valence-electron chi connectivity index (χ2n) is 4.31. The zero-order valence-electron chi connectivity index (χ0n) is 9.71. The van der Waals surface area contributed by atoms with Crippen molar-refractivity contribution >= 4 is 27.5 Å². The van der Waals surface area contributed by atoms with Crippen molar-refractivity contribution in [3.8, 4) is 0 Å². The van der Waals surface area contributed by atoms with Gasteiger partial charge in [0.2, 0.25) is 0 Å². The number of aromatic nitrogens is 2. The van der Waals surface area contributed by atoms with Gasteiger partial charge in [-0.15, -0.1) is 11.6 Å². The van der Waals surface area contributed by atoms with Crippen molar-refractivity contribution in [2.24, 2.45) is 7.05 Å². The lowest BCUT2D eigenvalue weighted by atomic mass is 10.3. The van der Waals surface area contributed by atoms with Crippen LogP contribution in [0.15, 0.2) is 4.47 Å². The van der Waals surface area contributed by atoms with E-state index in [1.165, 1.54) is 5.69 Å². The Morgan fingerprint density at radius 1 is 1.56 bits per heavy atom. The summed E-state index contributed by atoms with van der Waals surface area (Å²) in [6.45, 7) is 5.14. The standard InChI is InChI=1S/C11H17BrClN3/c1-3-9-11(12)10(15(2)14-9)7-16-5-4-8(13)6-16/h8H,3-7H2,1-2H3. The molecule has 0 radical (unpaired) electrons. The summed E-state index contributed by atoms with van der Waals surface area (Å²) in [5.41, 5.74) is 2.39. The first-order valence-electron chi connectivity index (χ1n) is 5.68. The number of hydrogen-bond acceptors (Lipinski definition) is 2. The van der Waals surface area contributed by atoms with E-state index in [9.17, 15) is 0 Å². The maximum atomic E-state index is 6.11. The summed E-state index contributed by atoms with van der Waals surface area (Å²) in [6, 6.07) is 0. The van der Waals surface area contributed by atoms with Crippen LogP contribution >= 0.6 is 27.5 Å². The van der Waals surface area contributed by atoms with E-state index in [0.717, 1.165) is 42.6 Å². The van der Waals surface area contributed by atoms with Crippen LogP contribution in [-0.2, 0) is 20.0 Å². The minimum atomic E-state index is 0.317. The topological polar surface area (TPSA) is 21.1 Å². The van der Waals surface area contributed by atoms with Crippen LogP contribution in [0.5, 0.6) is 0 Å². The Kier molecular flexibility index (Phi) is 3.93. The van der Waals surface area contributed by atoms with Crippen LogP contribution in [0, 0.1) is 0 Å². The molecule has 1 unspecified atom stereocenters. The van der Waals surface area contributed by atoms with Gasteiger partial charge in [0.1, 0.15) is 0 Å². The van der Waals surface area contributed by atoms with Crippen molar-refractivity contribution in [3.63, 3.8) is 0 Å². The Labute approximate surface area is 110 Å². The van der Waals surface area contributed by atoms with E-state index in [-0.39, 0.29) is 0 Å². The molecule has 0 amide bonds. The lowest BCUT2D eigenvalue weighted by Crippen LogP contribution is -2.22. The highest BCUT2D eigenvalue weighted by molar-refractivity contribution is 9.10. The van der Waals surface area contributed by atoms with Gasteiger partial charge in [0.25, 0.3) is 0 Å². The molecule has 1 aliphatic heterocycles. The molecular weight excluding hydrogens is 289 g/mol. The average Bonchev–Trinajstić information content (AvgIpc) is 2.77. The fourth-order valence-corrected chi connectivity index (χ4v) is 3.17. The SMILES string of the molecule is CCc1nn(C)c(CN2CCC(Cl)C2)c1Br. The van der Waals surface area contributed by atoms with Gasteiger partial charge in [-0.05, 0) is 28.8 Å². The quantitative estimate of drug-likeness (QED) is 0.800. The summed E-state index contributed by atoms with van der Waals surface area (Å²) in [6.07, 6.45) is 2.06. The summed E-state index contributed by atoms with van der Waals surface area (Å²) < 4.78 is 3.14. The van der Waals surface area contributed by atoms with E-state index in [1.54, 1.807) is 0 Å². The molecule has 1 saturated heterocycles. The monoisotopic (exact) mass is 305 g/mol. The summed E-state index contributed by atoms with van der Waals surface area (Å²) in [5.74, 6) is 0. The van der Waals surface area contributed by atoms with Gasteiger partial charge < -0.3 is 0 Å². The molecule has 0 saturated carbocycles.